The van der Waals surface area contributed by atoms with E-state index in [0.29, 0.717) is 17.1 Å². The number of guanidine groups is 1. The number of carbonyl (C=O) groups excluding carboxylic acids is 8. The number of aromatic amines is 2. The number of hydrogen-bond acceptors (Lipinski definition) is 15. The van der Waals surface area contributed by atoms with Gasteiger partial charge in [-0.15, -0.1) is 0 Å². The SMILES string of the molecule is CSCC[C@H](NC(=O)[C@@H](NC(=O)[C@@H](N)CCC(N)=O)C(C)C)C(=O)N[C@@H](CCCN=C(N)N)C(=O)N[C@@H](Cc1cnc[nH]1)C(=O)N[C@@H](Cc1cnc[nH]1)C(=O)N[C@@H](C)C(=O)N[C@@H](CS)C(=O)O. The van der Waals surface area contributed by atoms with Gasteiger partial charge in [0.15, 0.2) is 5.96 Å². The number of hydrogen-bond donors (Lipinski definition) is 15. The average Bonchev–Trinajstić information content (AvgIpc) is 4.00. The highest BCUT2D eigenvalue weighted by atomic mass is 32.2. The van der Waals surface area contributed by atoms with Gasteiger partial charge in [0.05, 0.1) is 18.7 Å². The maximum atomic E-state index is 14.3. The highest BCUT2D eigenvalue weighted by Gasteiger charge is 2.35. The number of H-pyrrole nitrogens is 2. The molecule has 8 atom stereocenters. The summed E-state index contributed by atoms with van der Waals surface area (Å²) in [5, 5.41) is 27.3. The standard InChI is InChI=1S/C39H64N16O10S2/c1-19(2)30(55-32(58)23(40)7-8-29(41)56)37(63)51-25(9-11-67-4)34(60)50-24(6-5-10-46-39(42)43)33(59)52-27(13-22-15-45-18-48-22)36(62)53-26(12-21-14-44-17-47-21)35(61)49-20(3)31(57)54-28(16-66)38(64)65/h14-15,17-20,23-28,30,66H,5-13,16,40H2,1-4H3,(H2,41,56)(H,44,47)(H,45,48)(H,49,61)(H,50,60)(H,51,63)(H,52,59)(H,53,62)(H,54,57)(H,55,58)(H,64,65)(H4,42,43,46)/t20-,23-,24-,25-,26-,27-,28-,30-/m0/s1. The highest BCUT2D eigenvalue weighted by molar-refractivity contribution is 7.98. The minimum absolute atomic E-state index is 0.0521. The van der Waals surface area contributed by atoms with Crippen LogP contribution in [0.15, 0.2) is 30.0 Å². The molecule has 8 amide bonds. The molecule has 2 rings (SSSR count). The van der Waals surface area contributed by atoms with Crippen molar-refractivity contribution in [1.29, 1.82) is 0 Å². The molecule has 0 bridgehead atoms. The first-order valence-corrected chi connectivity index (χ1v) is 23.2. The maximum absolute atomic E-state index is 14.3. The molecule has 2 heterocycles. The van der Waals surface area contributed by atoms with Gasteiger partial charge in [0, 0.05) is 55.3 Å². The number of imidazole rings is 2. The Morgan fingerprint density at radius 3 is 1.64 bits per heavy atom. The topological polar surface area (TPSA) is 432 Å². The molecule has 0 aliphatic carbocycles. The number of nitrogens with zero attached hydrogens (tertiary/aromatic N) is 3. The van der Waals surface area contributed by atoms with Crippen LogP contribution in [0.2, 0.25) is 0 Å². The summed E-state index contributed by atoms with van der Waals surface area (Å²) in [4.78, 5) is 136. The smallest absolute Gasteiger partial charge is 0.327 e. The molecule has 28 heteroatoms. The van der Waals surface area contributed by atoms with Gasteiger partial charge in [-0.3, -0.25) is 43.3 Å². The number of thioether (sulfide) groups is 1. The van der Waals surface area contributed by atoms with Crippen LogP contribution in [0.4, 0.5) is 0 Å². The number of thiol groups is 1. The molecular formula is C39H64N16O10S2. The molecular weight excluding hydrogens is 917 g/mol. The molecule has 0 aromatic carbocycles. The number of carboxylic acid groups (broad SMARTS) is 1. The molecule has 2 aromatic rings. The third-order valence-corrected chi connectivity index (χ3v) is 10.9. The molecule has 2 aromatic heterocycles. The average molecular weight is 981 g/mol. The fourth-order valence-electron chi connectivity index (χ4n) is 6.09. The van der Waals surface area contributed by atoms with Crippen LogP contribution >= 0.6 is 24.4 Å². The lowest BCUT2D eigenvalue weighted by Crippen LogP contribution is -2.61. The Balaban J connectivity index is 2.43. The quantitative estimate of drug-likeness (QED) is 0.0146. The number of rotatable bonds is 31. The van der Waals surface area contributed by atoms with Gasteiger partial charge in [0.1, 0.15) is 42.3 Å². The normalized spacial score (nSPS) is 14.6. The lowest BCUT2D eigenvalue weighted by molar-refractivity contribution is -0.141. The Morgan fingerprint density at radius 1 is 0.687 bits per heavy atom. The summed E-state index contributed by atoms with van der Waals surface area (Å²) >= 11 is 5.32. The summed E-state index contributed by atoms with van der Waals surface area (Å²) < 4.78 is 0. The van der Waals surface area contributed by atoms with Crippen molar-refractivity contribution in [3.8, 4) is 0 Å². The van der Waals surface area contributed by atoms with Crippen LogP contribution < -0.4 is 60.2 Å². The van der Waals surface area contributed by atoms with Crippen molar-refractivity contribution in [1.82, 2.24) is 57.2 Å². The van der Waals surface area contributed by atoms with Gasteiger partial charge in [-0.05, 0) is 50.5 Å². The van der Waals surface area contributed by atoms with E-state index in [9.17, 15) is 48.3 Å². The minimum Gasteiger partial charge on any atom is -0.480 e. The first-order valence-electron chi connectivity index (χ1n) is 21.2. The Bertz CT molecular complexity index is 1980. The molecule has 0 aliphatic rings. The van der Waals surface area contributed by atoms with E-state index in [-0.39, 0.29) is 63.2 Å². The highest BCUT2D eigenvalue weighted by Crippen LogP contribution is 2.10. The summed E-state index contributed by atoms with van der Waals surface area (Å²) in [6.07, 6.45) is 6.92. The van der Waals surface area contributed by atoms with Crippen LogP contribution in [0.5, 0.6) is 0 Å². The summed E-state index contributed by atoms with van der Waals surface area (Å²) in [7, 11) is 0. The fourth-order valence-corrected chi connectivity index (χ4v) is 6.81. The molecule has 0 radical (unpaired) electrons. The molecule has 0 saturated heterocycles. The second kappa shape index (κ2) is 29.3. The first kappa shape index (κ1) is 56.7. The van der Waals surface area contributed by atoms with Crippen LogP contribution in [0.1, 0.15) is 64.3 Å². The van der Waals surface area contributed by atoms with Gasteiger partial charge in [0.2, 0.25) is 47.3 Å². The number of nitrogens with one attached hydrogen (secondary N) is 9. The van der Waals surface area contributed by atoms with Gasteiger partial charge in [-0.2, -0.15) is 24.4 Å². The predicted molar refractivity (Wildman–Crippen MR) is 249 cm³/mol. The number of primary amides is 1. The summed E-state index contributed by atoms with van der Waals surface area (Å²) in [6.45, 7) is 4.69. The van der Waals surface area contributed by atoms with E-state index in [1.165, 1.54) is 43.7 Å². The van der Waals surface area contributed by atoms with Crippen molar-refractivity contribution in [3.63, 3.8) is 0 Å². The van der Waals surface area contributed by atoms with Crippen molar-refractivity contribution in [2.75, 3.05) is 24.3 Å². The molecule has 0 saturated carbocycles. The Labute approximate surface area is 396 Å². The van der Waals surface area contributed by atoms with Gasteiger partial charge in [-0.1, -0.05) is 13.8 Å². The first-order chi connectivity index (χ1) is 31.7. The molecule has 0 spiro atoms. The van der Waals surface area contributed by atoms with E-state index in [0.717, 1.165) is 0 Å². The monoisotopic (exact) mass is 980 g/mol. The second-order valence-corrected chi connectivity index (χ2v) is 17.0. The molecule has 26 nitrogen and oxygen atoms in total. The van der Waals surface area contributed by atoms with E-state index < -0.39 is 107 Å². The van der Waals surface area contributed by atoms with Gasteiger partial charge >= 0.3 is 5.97 Å². The van der Waals surface area contributed by atoms with Crippen LogP contribution in [0.3, 0.4) is 0 Å². The zero-order valence-corrected chi connectivity index (χ0v) is 39.4. The minimum atomic E-state index is -1.42. The Hall–Kier alpha value is -6.42. The third-order valence-electron chi connectivity index (χ3n) is 9.88. The number of aromatic nitrogens is 4. The van der Waals surface area contributed by atoms with E-state index in [1.54, 1.807) is 20.1 Å². The predicted octanol–water partition coefficient (Wildman–Crippen LogP) is -4.60. The van der Waals surface area contributed by atoms with Crippen LogP contribution in [0, 0.1) is 5.92 Å². The zero-order chi connectivity index (χ0) is 50.2. The van der Waals surface area contributed by atoms with E-state index in [1.807, 2.05) is 0 Å². The number of carboxylic acids is 1. The zero-order valence-electron chi connectivity index (χ0n) is 37.7. The molecule has 372 valence electrons. The summed E-state index contributed by atoms with van der Waals surface area (Å²) in [5.41, 5.74) is 22.9. The van der Waals surface area contributed by atoms with E-state index >= 15 is 0 Å². The van der Waals surface area contributed by atoms with Crippen LogP contribution in [0.25, 0.3) is 0 Å². The van der Waals surface area contributed by atoms with E-state index in [2.05, 4.69) is 74.8 Å². The molecule has 18 N–H and O–H groups in total. The fraction of sp³-hybridized carbons (Fsp3) is 0.590. The van der Waals surface area contributed by atoms with E-state index in [4.69, 9.17) is 22.9 Å². The third kappa shape index (κ3) is 20.7. The molecule has 67 heavy (non-hydrogen) atoms. The van der Waals surface area contributed by atoms with Crippen LogP contribution in [-0.4, -0.2) is 157 Å². The molecule has 0 fully saturated rings. The Kier molecular flexibility index (Phi) is 24.8. The number of nitrogens with two attached hydrogens (primary N) is 4. The van der Waals surface area contributed by atoms with Crippen molar-refractivity contribution in [2.45, 2.75) is 114 Å². The van der Waals surface area contributed by atoms with Gasteiger partial charge in [0.25, 0.3) is 0 Å². The number of aliphatic imine (C=N–C) groups is 1. The summed E-state index contributed by atoms with van der Waals surface area (Å²) in [6, 6.07) is -10.3. The lowest BCUT2D eigenvalue weighted by atomic mass is 10.0. The number of amides is 8. The number of carbonyl (C=O) groups is 9. The van der Waals surface area contributed by atoms with Gasteiger partial charge < -0.3 is 75.2 Å². The molecule has 0 unspecified atom stereocenters. The van der Waals surface area contributed by atoms with Crippen LogP contribution in [-0.2, 0) is 56.0 Å². The van der Waals surface area contributed by atoms with Gasteiger partial charge in [-0.25, -0.2) is 14.8 Å². The van der Waals surface area contributed by atoms with Crippen molar-refractivity contribution in [2.24, 2.45) is 33.8 Å². The summed E-state index contributed by atoms with van der Waals surface area (Å²) in [5.74, 6) is -8.12. The maximum Gasteiger partial charge on any atom is 0.327 e. The molecule has 0 aliphatic heterocycles. The number of aliphatic carboxylic acids is 1. The van der Waals surface area contributed by atoms with Crippen molar-refractivity contribution in [3.05, 3.63) is 36.4 Å². The Morgan fingerprint density at radius 2 is 1.18 bits per heavy atom. The largest absolute Gasteiger partial charge is 0.480 e. The van der Waals surface area contributed by atoms with Crippen molar-refractivity contribution >= 4 is 83.6 Å². The van der Waals surface area contributed by atoms with Crippen molar-refractivity contribution < 1.29 is 48.3 Å². The second-order valence-electron chi connectivity index (χ2n) is 15.7. The lowest BCUT2D eigenvalue weighted by Gasteiger charge is -2.28.